The predicted molar refractivity (Wildman–Crippen MR) is 87.6 cm³/mol. The van der Waals surface area contributed by atoms with Gasteiger partial charge in [-0.25, -0.2) is 13.6 Å². The van der Waals surface area contributed by atoms with Gasteiger partial charge >= 0.3 is 0 Å². The minimum absolute atomic E-state index is 0.141. The molecule has 2 aromatic rings. The molecule has 9 heteroatoms. The van der Waals surface area contributed by atoms with E-state index < -0.39 is 10.0 Å². The van der Waals surface area contributed by atoms with E-state index in [9.17, 15) is 8.42 Å². The van der Waals surface area contributed by atoms with Crippen LogP contribution in [0.3, 0.4) is 0 Å². The number of hydrogen-bond donors (Lipinski definition) is 1. The Morgan fingerprint density at radius 1 is 1.35 bits per heavy atom. The minimum atomic E-state index is -3.92. The second-order valence-electron chi connectivity index (χ2n) is 4.44. The van der Waals surface area contributed by atoms with E-state index in [0.717, 1.165) is 13.6 Å². The first kappa shape index (κ1) is 15.9. The van der Waals surface area contributed by atoms with E-state index in [0.29, 0.717) is 5.82 Å². The van der Waals surface area contributed by atoms with Crippen LogP contribution in [0.25, 0.3) is 11.4 Å². The summed E-state index contributed by atoms with van der Waals surface area (Å²) in [5, 5.41) is 12.7. The maximum atomic E-state index is 11.6. The standard InChI is InChI=1S/C11H12BrIN4O2S/c1-6(2)17-10(15-16-11(17)20(14,18)19)8-5-7(13)3-4-9(8)12/h3-6H,1-2H3,(H2,14,18,19). The van der Waals surface area contributed by atoms with Crippen molar-refractivity contribution in [3.05, 3.63) is 26.2 Å². The lowest BCUT2D eigenvalue weighted by Gasteiger charge is -2.13. The summed E-state index contributed by atoms with van der Waals surface area (Å²) in [5.74, 6) is 0.467. The van der Waals surface area contributed by atoms with E-state index in [1.807, 2.05) is 32.0 Å². The summed E-state index contributed by atoms with van der Waals surface area (Å²) < 4.78 is 26.5. The van der Waals surface area contributed by atoms with Crippen LogP contribution in [0.15, 0.2) is 27.8 Å². The summed E-state index contributed by atoms with van der Waals surface area (Å²) in [6.45, 7) is 3.70. The lowest BCUT2D eigenvalue weighted by atomic mass is 10.2. The monoisotopic (exact) mass is 470 g/mol. The summed E-state index contributed by atoms with van der Waals surface area (Å²) in [6.07, 6.45) is 0. The number of nitrogens with two attached hydrogens (primary N) is 1. The van der Waals surface area contributed by atoms with Crippen molar-refractivity contribution in [1.82, 2.24) is 14.8 Å². The Kier molecular flexibility index (Phi) is 4.52. The van der Waals surface area contributed by atoms with Crippen molar-refractivity contribution in [3.63, 3.8) is 0 Å². The Balaban J connectivity index is 2.76. The van der Waals surface area contributed by atoms with Gasteiger partial charge < -0.3 is 0 Å². The molecule has 108 valence electrons. The molecule has 0 radical (unpaired) electrons. The molecule has 0 aliphatic carbocycles. The second kappa shape index (κ2) is 5.70. The predicted octanol–water partition coefficient (Wildman–Crippen LogP) is 2.54. The van der Waals surface area contributed by atoms with Crippen molar-refractivity contribution >= 4 is 48.5 Å². The molecule has 0 amide bonds. The Morgan fingerprint density at radius 3 is 2.55 bits per heavy atom. The molecular weight excluding hydrogens is 459 g/mol. The van der Waals surface area contributed by atoms with Gasteiger partial charge in [-0.3, -0.25) is 4.57 Å². The average molecular weight is 471 g/mol. The maximum absolute atomic E-state index is 11.6. The largest absolute Gasteiger partial charge is 0.294 e. The van der Waals surface area contributed by atoms with Crippen molar-refractivity contribution in [2.75, 3.05) is 0 Å². The van der Waals surface area contributed by atoms with Crippen LogP contribution in [0.4, 0.5) is 0 Å². The Morgan fingerprint density at radius 2 is 2.00 bits per heavy atom. The smallest absolute Gasteiger partial charge is 0.273 e. The number of sulfonamides is 1. The molecule has 2 N–H and O–H groups in total. The summed E-state index contributed by atoms with van der Waals surface area (Å²) in [5.41, 5.74) is 0.771. The quantitative estimate of drug-likeness (QED) is 0.698. The fourth-order valence-corrected chi connectivity index (χ4v) is 3.43. The van der Waals surface area contributed by atoms with E-state index in [2.05, 4.69) is 48.7 Å². The molecule has 0 aliphatic rings. The number of primary sulfonamides is 1. The SMILES string of the molecule is CC(C)n1c(-c2cc(I)ccc2Br)nnc1S(N)(=O)=O. The van der Waals surface area contributed by atoms with Gasteiger partial charge in [0.25, 0.3) is 15.2 Å². The third-order valence-corrected chi connectivity index (χ3v) is 4.75. The fraction of sp³-hybridized carbons (Fsp3) is 0.273. The molecule has 0 saturated carbocycles. The first-order chi connectivity index (χ1) is 9.21. The molecule has 0 fully saturated rings. The third-order valence-electron chi connectivity index (χ3n) is 2.60. The van der Waals surface area contributed by atoms with Gasteiger partial charge in [0, 0.05) is 19.6 Å². The zero-order valence-electron chi connectivity index (χ0n) is 10.7. The fourth-order valence-electron chi connectivity index (χ4n) is 1.79. The van der Waals surface area contributed by atoms with Crippen molar-refractivity contribution in [2.24, 2.45) is 5.14 Å². The van der Waals surface area contributed by atoms with Gasteiger partial charge in [-0.2, -0.15) is 0 Å². The number of aromatic nitrogens is 3. The Hall–Kier alpha value is -0.520. The lowest BCUT2D eigenvalue weighted by Crippen LogP contribution is -2.20. The third kappa shape index (κ3) is 3.05. The van der Waals surface area contributed by atoms with E-state index >= 15 is 0 Å². The first-order valence-electron chi connectivity index (χ1n) is 5.65. The second-order valence-corrected chi connectivity index (χ2v) is 7.99. The Labute approximate surface area is 139 Å². The molecule has 0 bridgehead atoms. The number of benzene rings is 1. The van der Waals surface area contributed by atoms with E-state index in [1.165, 1.54) is 4.57 Å². The maximum Gasteiger partial charge on any atom is 0.273 e. The molecule has 1 heterocycles. The van der Waals surface area contributed by atoms with Gasteiger partial charge in [0.2, 0.25) is 0 Å². The molecule has 0 aliphatic heterocycles. The number of nitrogens with zero attached hydrogens (tertiary/aromatic N) is 3. The number of hydrogen-bond acceptors (Lipinski definition) is 4. The van der Waals surface area contributed by atoms with Crippen LogP contribution in [0.2, 0.25) is 0 Å². The van der Waals surface area contributed by atoms with Gasteiger partial charge in [-0.1, -0.05) is 15.9 Å². The minimum Gasteiger partial charge on any atom is -0.294 e. The normalized spacial score (nSPS) is 12.1. The average Bonchev–Trinajstić information content (AvgIpc) is 2.76. The molecule has 0 unspecified atom stereocenters. The highest BCUT2D eigenvalue weighted by Crippen LogP contribution is 2.31. The summed E-state index contributed by atoms with van der Waals surface area (Å²) >= 11 is 5.62. The summed E-state index contributed by atoms with van der Waals surface area (Å²) in [6, 6.07) is 5.58. The Bertz CT molecular complexity index is 758. The van der Waals surface area contributed by atoms with Crippen LogP contribution in [0.1, 0.15) is 19.9 Å². The van der Waals surface area contributed by atoms with Gasteiger partial charge in [-0.15, -0.1) is 10.2 Å². The molecule has 20 heavy (non-hydrogen) atoms. The van der Waals surface area contributed by atoms with Crippen LogP contribution >= 0.6 is 38.5 Å². The van der Waals surface area contributed by atoms with E-state index in [4.69, 9.17) is 5.14 Å². The molecule has 1 aromatic carbocycles. The van der Waals surface area contributed by atoms with Gasteiger partial charge in [0.15, 0.2) is 5.82 Å². The molecule has 6 nitrogen and oxygen atoms in total. The molecular formula is C11H12BrIN4O2S. The van der Waals surface area contributed by atoms with Crippen LogP contribution in [0.5, 0.6) is 0 Å². The number of halogens is 2. The molecule has 2 rings (SSSR count). The van der Waals surface area contributed by atoms with Crippen LogP contribution in [-0.2, 0) is 10.0 Å². The van der Waals surface area contributed by atoms with E-state index in [-0.39, 0.29) is 11.2 Å². The molecule has 0 atom stereocenters. The van der Waals surface area contributed by atoms with Crippen molar-refractivity contribution in [1.29, 1.82) is 0 Å². The summed E-state index contributed by atoms with van der Waals surface area (Å²) in [7, 11) is -3.92. The highest BCUT2D eigenvalue weighted by atomic mass is 127. The van der Waals surface area contributed by atoms with Crippen LogP contribution < -0.4 is 5.14 Å². The van der Waals surface area contributed by atoms with Gasteiger partial charge in [0.05, 0.1) is 0 Å². The highest BCUT2D eigenvalue weighted by molar-refractivity contribution is 14.1. The van der Waals surface area contributed by atoms with E-state index in [1.54, 1.807) is 0 Å². The zero-order valence-corrected chi connectivity index (χ0v) is 15.3. The lowest BCUT2D eigenvalue weighted by molar-refractivity contribution is 0.524. The van der Waals surface area contributed by atoms with Gasteiger partial charge in [-0.05, 0) is 54.6 Å². The number of rotatable bonds is 3. The molecule has 0 spiro atoms. The topological polar surface area (TPSA) is 90.9 Å². The van der Waals surface area contributed by atoms with Crippen molar-refractivity contribution in [3.8, 4) is 11.4 Å². The highest BCUT2D eigenvalue weighted by Gasteiger charge is 2.24. The summed E-state index contributed by atoms with van der Waals surface area (Å²) in [4.78, 5) is 0. The first-order valence-corrected chi connectivity index (χ1v) is 9.06. The molecule has 0 saturated heterocycles. The van der Waals surface area contributed by atoms with Gasteiger partial charge in [0.1, 0.15) is 0 Å². The van der Waals surface area contributed by atoms with Crippen molar-refractivity contribution in [2.45, 2.75) is 25.0 Å². The zero-order chi connectivity index (χ0) is 15.1. The molecule has 1 aromatic heterocycles. The van der Waals surface area contributed by atoms with Crippen LogP contribution in [-0.4, -0.2) is 23.2 Å². The van der Waals surface area contributed by atoms with Crippen molar-refractivity contribution < 1.29 is 8.42 Å². The van der Waals surface area contributed by atoms with Crippen LogP contribution in [0, 0.1) is 3.57 Å².